The molecule has 0 radical (unpaired) electrons. The van der Waals surface area contributed by atoms with E-state index in [1.54, 1.807) is 0 Å². The number of likely N-dealkylation sites (tertiary alicyclic amines) is 1. The highest BCUT2D eigenvalue weighted by Crippen LogP contribution is 2.45. The van der Waals surface area contributed by atoms with Crippen LogP contribution in [0.5, 0.6) is 5.75 Å². The van der Waals surface area contributed by atoms with Crippen LogP contribution in [0.1, 0.15) is 28.7 Å². The summed E-state index contributed by atoms with van der Waals surface area (Å²) in [7, 11) is 0. The smallest absolute Gasteiger partial charge is 0.233 e. The molecule has 0 bridgehead atoms. The molecule has 3 aromatic rings. The van der Waals surface area contributed by atoms with Crippen LogP contribution in [0.3, 0.4) is 0 Å². The Morgan fingerprint density at radius 2 is 1.70 bits per heavy atom. The van der Waals surface area contributed by atoms with E-state index in [1.807, 2.05) is 66.7 Å². The minimum absolute atomic E-state index is 0.161. The highest BCUT2D eigenvalue weighted by molar-refractivity contribution is 5.91. The van der Waals surface area contributed by atoms with E-state index < -0.39 is 11.3 Å². The molecule has 2 aliphatic heterocycles. The number of benzene rings is 3. The highest BCUT2D eigenvalue weighted by atomic mass is 16.5. The first-order valence-electron chi connectivity index (χ1n) is 11.7. The minimum atomic E-state index is -1.02. The van der Waals surface area contributed by atoms with Crippen molar-refractivity contribution in [1.29, 1.82) is 0 Å². The fourth-order valence-electron chi connectivity index (χ4n) is 5.79. The second kappa shape index (κ2) is 8.65. The molecule has 5 rings (SSSR count). The van der Waals surface area contributed by atoms with Crippen LogP contribution in [0.2, 0.25) is 0 Å². The molecule has 1 saturated heterocycles. The number of quaternary nitrogens is 1. The molecule has 2 atom stereocenters. The molecular weight excluding hydrogens is 412 g/mol. The molecule has 1 fully saturated rings. The van der Waals surface area contributed by atoms with Gasteiger partial charge in [-0.25, -0.2) is 0 Å². The van der Waals surface area contributed by atoms with Gasteiger partial charge in [-0.15, -0.1) is 0 Å². The van der Waals surface area contributed by atoms with Crippen molar-refractivity contribution in [2.75, 3.05) is 26.2 Å². The van der Waals surface area contributed by atoms with Gasteiger partial charge in [0.2, 0.25) is 5.91 Å². The van der Waals surface area contributed by atoms with Crippen LogP contribution < -0.4 is 10.5 Å². The van der Waals surface area contributed by atoms with Gasteiger partial charge in [0.25, 0.3) is 0 Å². The molecule has 0 aliphatic carbocycles. The zero-order valence-corrected chi connectivity index (χ0v) is 18.8. The number of hydrogen-bond acceptors (Lipinski definition) is 3. The molecule has 0 spiro atoms. The van der Waals surface area contributed by atoms with Crippen molar-refractivity contribution in [1.82, 2.24) is 0 Å². The molecule has 3 aromatic carbocycles. The number of carbonyl (C=O) groups excluding carboxylic acids is 1. The van der Waals surface area contributed by atoms with Crippen molar-refractivity contribution < 1.29 is 14.2 Å². The van der Waals surface area contributed by atoms with Gasteiger partial charge in [0.15, 0.2) is 0 Å². The number of primary amides is 1. The third kappa shape index (κ3) is 3.92. The van der Waals surface area contributed by atoms with Crippen LogP contribution in [-0.4, -0.2) is 36.8 Å². The topological polar surface area (TPSA) is 75.4 Å². The number of fused-ring (bicyclic) bond motifs is 1. The van der Waals surface area contributed by atoms with Crippen molar-refractivity contribution in [2.24, 2.45) is 11.7 Å². The summed E-state index contributed by atoms with van der Waals surface area (Å²) < 4.78 is 5.30. The van der Waals surface area contributed by atoms with E-state index in [2.05, 4.69) is 12.1 Å². The number of hydrogen-bond donors (Lipinski definition) is 1. The summed E-state index contributed by atoms with van der Waals surface area (Å²) in [5.41, 5.74) is 9.27. The number of nitrogens with zero attached hydrogens (tertiary/aromatic N) is 1. The lowest BCUT2D eigenvalue weighted by Gasteiger charge is -2.42. The standard InChI is InChI=1S/C28H30N2O3/c29-27(31)28(23-7-3-1-4-8-23,24-9-5-2-6-10-24)25-14-17-30(32,20-25)16-13-21-11-12-26-22(19-21)15-18-33-26/h1-12,19,25H,13-18,20H2,(H2,29,31). The zero-order valence-electron chi connectivity index (χ0n) is 18.8. The second-order valence-electron chi connectivity index (χ2n) is 9.37. The lowest BCUT2D eigenvalue weighted by Crippen LogP contribution is -2.51. The Kier molecular flexibility index (Phi) is 5.69. The molecule has 0 aromatic heterocycles. The Hall–Kier alpha value is -3.15. The van der Waals surface area contributed by atoms with Crippen molar-refractivity contribution in [2.45, 2.75) is 24.7 Å². The van der Waals surface area contributed by atoms with E-state index >= 15 is 0 Å². The van der Waals surface area contributed by atoms with Crippen LogP contribution in [0.25, 0.3) is 0 Å². The Labute approximate surface area is 195 Å². The van der Waals surface area contributed by atoms with E-state index in [-0.39, 0.29) is 10.6 Å². The van der Waals surface area contributed by atoms with Gasteiger partial charge in [-0.05, 0) is 28.3 Å². The van der Waals surface area contributed by atoms with E-state index in [9.17, 15) is 10.0 Å². The first-order chi connectivity index (χ1) is 16.0. The summed E-state index contributed by atoms with van der Waals surface area (Å²) in [5, 5.41) is 13.8. The third-order valence-electron chi connectivity index (χ3n) is 7.46. The maximum atomic E-state index is 13.8. The van der Waals surface area contributed by atoms with Gasteiger partial charge in [0, 0.05) is 25.2 Å². The molecule has 0 saturated carbocycles. The van der Waals surface area contributed by atoms with Gasteiger partial charge in [-0.3, -0.25) is 4.79 Å². The van der Waals surface area contributed by atoms with Gasteiger partial charge < -0.3 is 20.3 Å². The maximum Gasteiger partial charge on any atom is 0.233 e. The lowest BCUT2D eigenvalue weighted by atomic mass is 9.64. The number of amides is 1. The third-order valence-corrected chi connectivity index (χ3v) is 7.46. The van der Waals surface area contributed by atoms with E-state index in [0.717, 1.165) is 29.9 Å². The number of nitrogens with two attached hydrogens (primary N) is 1. The Balaban J connectivity index is 1.42. The largest absolute Gasteiger partial charge is 0.633 e. The molecule has 2 unspecified atom stereocenters. The summed E-state index contributed by atoms with van der Waals surface area (Å²) in [5.74, 6) is 0.408. The summed E-state index contributed by atoms with van der Waals surface area (Å²) >= 11 is 0. The van der Waals surface area contributed by atoms with Crippen LogP contribution >= 0.6 is 0 Å². The van der Waals surface area contributed by atoms with E-state index in [1.165, 1.54) is 11.1 Å². The van der Waals surface area contributed by atoms with E-state index in [0.29, 0.717) is 32.5 Å². The molecule has 2 aliphatic rings. The van der Waals surface area contributed by atoms with Crippen molar-refractivity contribution in [3.05, 3.63) is 106 Å². The molecule has 2 heterocycles. The van der Waals surface area contributed by atoms with Crippen LogP contribution in [0, 0.1) is 11.1 Å². The number of ether oxygens (including phenoxy) is 1. The summed E-state index contributed by atoms with van der Waals surface area (Å²) in [6.45, 7) is 2.10. The second-order valence-corrected chi connectivity index (χ2v) is 9.37. The average Bonchev–Trinajstić information content (AvgIpc) is 3.46. The van der Waals surface area contributed by atoms with Gasteiger partial charge in [-0.1, -0.05) is 72.8 Å². The number of rotatable bonds is 7. The summed E-state index contributed by atoms with van der Waals surface area (Å²) in [4.78, 5) is 13.2. The first-order valence-corrected chi connectivity index (χ1v) is 11.7. The fraction of sp³-hybridized carbons (Fsp3) is 0.321. The molecule has 33 heavy (non-hydrogen) atoms. The van der Waals surface area contributed by atoms with Crippen LogP contribution in [-0.2, 0) is 23.1 Å². The minimum Gasteiger partial charge on any atom is -0.633 e. The number of hydroxylamine groups is 3. The highest BCUT2D eigenvalue weighted by Gasteiger charge is 2.52. The molecule has 5 nitrogen and oxygen atoms in total. The summed E-state index contributed by atoms with van der Waals surface area (Å²) in [6, 6.07) is 25.7. The Morgan fingerprint density at radius 3 is 2.33 bits per heavy atom. The van der Waals surface area contributed by atoms with Gasteiger partial charge in [-0.2, -0.15) is 0 Å². The van der Waals surface area contributed by atoms with Gasteiger partial charge in [0.1, 0.15) is 11.2 Å². The Bertz CT molecular complexity index is 1090. The van der Waals surface area contributed by atoms with Crippen molar-refractivity contribution in [3.63, 3.8) is 0 Å². The van der Waals surface area contributed by atoms with Crippen molar-refractivity contribution in [3.8, 4) is 5.75 Å². The Morgan fingerprint density at radius 1 is 1.03 bits per heavy atom. The average molecular weight is 443 g/mol. The monoisotopic (exact) mass is 442 g/mol. The quantitative estimate of drug-likeness (QED) is 0.444. The molecule has 5 heteroatoms. The van der Waals surface area contributed by atoms with Crippen LogP contribution in [0.15, 0.2) is 78.9 Å². The normalized spacial score (nSPS) is 22.0. The predicted molar refractivity (Wildman–Crippen MR) is 129 cm³/mol. The molecule has 2 N–H and O–H groups in total. The molecule has 170 valence electrons. The molecular formula is C28H30N2O3. The first kappa shape index (κ1) is 21.7. The van der Waals surface area contributed by atoms with E-state index in [4.69, 9.17) is 10.5 Å². The van der Waals surface area contributed by atoms with Crippen LogP contribution in [0.4, 0.5) is 0 Å². The predicted octanol–water partition coefficient (Wildman–Crippen LogP) is 3.97. The maximum absolute atomic E-state index is 13.8. The zero-order chi connectivity index (χ0) is 22.9. The SMILES string of the molecule is NC(=O)C(c1ccccc1)(c1ccccc1)C1CC[N+]([O-])(CCc2ccc3c(c2)CCO3)C1. The summed E-state index contributed by atoms with van der Waals surface area (Å²) in [6.07, 6.45) is 2.30. The fourth-order valence-corrected chi connectivity index (χ4v) is 5.79. The number of carbonyl (C=O) groups is 1. The van der Waals surface area contributed by atoms with Gasteiger partial charge >= 0.3 is 0 Å². The van der Waals surface area contributed by atoms with Crippen molar-refractivity contribution >= 4 is 5.91 Å². The lowest BCUT2D eigenvalue weighted by molar-refractivity contribution is -0.869. The van der Waals surface area contributed by atoms with Gasteiger partial charge in [0.05, 0.1) is 26.2 Å². The molecule has 1 amide bonds.